The van der Waals surface area contributed by atoms with E-state index in [-0.39, 0.29) is 35.8 Å². The van der Waals surface area contributed by atoms with Gasteiger partial charge in [-0.05, 0) is 68.5 Å². The molecule has 18 nitrogen and oxygen atoms in total. The molecule has 3 aliphatic heterocycles. The highest BCUT2D eigenvalue weighted by Gasteiger charge is 2.42. The zero-order valence-corrected chi connectivity index (χ0v) is 37.4. The lowest BCUT2D eigenvalue weighted by atomic mass is 10.0. The van der Waals surface area contributed by atoms with Crippen molar-refractivity contribution >= 4 is 58.6 Å². The minimum absolute atomic E-state index is 0.0172. The van der Waals surface area contributed by atoms with Gasteiger partial charge in [-0.25, -0.2) is 15.0 Å². The van der Waals surface area contributed by atoms with Crippen LogP contribution in [0.4, 0.5) is 23.0 Å². The van der Waals surface area contributed by atoms with Crippen LogP contribution in [0.5, 0.6) is 5.75 Å². The summed E-state index contributed by atoms with van der Waals surface area (Å²) in [6, 6.07) is 12.8. The molecule has 2 fully saturated rings. The van der Waals surface area contributed by atoms with Gasteiger partial charge in [-0.1, -0.05) is 31.7 Å². The summed E-state index contributed by atoms with van der Waals surface area (Å²) >= 11 is 0. The Labute approximate surface area is 383 Å². The number of aldehydes is 1. The number of nitrogens with one attached hydrogen (secondary N) is 2. The minimum atomic E-state index is -1.03. The summed E-state index contributed by atoms with van der Waals surface area (Å²) in [4.78, 5) is 88.8. The number of fused-ring (bicyclic) bond motifs is 2. The molecule has 0 spiro atoms. The maximum Gasteiger partial charge on any atom is 0.265 e. The summed E-state index contributed by atoms with van der Waals surface area (Å²) in [5.74, 6) is 0.105. The number of piperazine rings is 1. The first-order valence-electron chi connectivity index (χ1n) is 23.1. The van der Waals surface area contributed by atoms with Crippen LogP contribution in [0.2, 0.25) is 0 Å². The molecule has 3 aliphatic rings. The molecule has 0 aliphatic carbocycles. The van der Waals surface area contributed by atoms with E-state index in [0.717, 1.165) is 101 Å². The number of piperidine rings is 1. The molecule has 18 heteroatoms. The van der Waals surface area contributed by atoms with Crippen molar-refractivity contribution in [2.24, 2.45) is 0 Å². The second-order valence-corrected chi connectivity index (χ2v) is 17.1. The number of unbranched alkanes of at least 4 members (excludes halogenated alkanes) is 5. The van der Waals surface area contributed by atoms with Crippen LogP contribution < -0.4 is 26.0 Å². The third-order valence-electron chi connectivity index (χ3n) is 12.8. The highest BCUT2D eigenvalue weighted by Crippen LogP contribution is 2.33. The first-order valence-corrected chi connectivity index (χ1v) is 23.1. The molecule has 4 amide bonds. The fraction of sp³-hybridized carbons (Fsp3) is 0.438. The molecule has 3 aromatic heterocycles. The Morgan fingerprint density at radius 2 is 1.64 bits per heavy atom. The molecule has 1 unspecified atom stereocenters. The molecular weight excluding hydrogens is 841 g/mol. The number of rotatable bonds is 20. The number of nitrogen functional groups attached to an aromatic ring is 1. The number of carbonyl (C=O) groups excluding carboxylic acids is 5. The van der Waals surface area contributed by atoms with Crippen molar-refractivity contribution < 1.29 is 28.7 Å². The molecule has 1 atom stereocenters. The number of likely N-dealkylation sites (tertiary alicyclic amines) is 1. The van der Waals surface area contributed by atoms with Gasteiger partial charge in [0.2, 0.25) is 11.8 Å². The van der Waals surface area contributed by atoms with Crippen molar-refractivity contribution in [1.82, 2.24) is 44.4 Å². The molecule has 4 N–H and O–H groups in total. The Balaban J connectivity index is 0.694. The average molecular weight is 899 g/mol. The van der Waals surface area contributed by atoms with Crippen LogP contribution in [-0.2, 0) is 14.4 Å². The number of hydrogen-bond acceptors (Lipinski definition) is 14. The molecule has 0 radical (unpaired) electrons. The quantitative estimate of drug-likeness (QED) is 0.0526. The van der Waals surface area contributed by atoms with Crippen LogP contribution in [0.15, 0.2) is 73.4 Å². The van der Waals surface area contributed by atoms with E-state index < -0.39 is 17.9 Å². The Kier molecular flexibility index (Phi) is 14.8. The lowest BCUT2D eigenvalue weighted by Gasteiger charge is -2.43. The van der Waals surface area contributed by atoms with Crippen molar-refractivity contribution in [1.29, 1.82) is 0 Å². The van der Waals surface area contributed by atoms with Gasteiger partial charge in [-0.15, -0.1) is 0 Å². The predicted octanol–water partition coefficient (Wildman–Crippen LogP) is 5.12. The summed E-state index contributed by atoms with van der Waals surface area (Å²) in [5.41, 5.74) is 10.2. The molecule has 5 aromatic rings. The van der Waals surface area contributed by atoms with Gasteiger partial charge in [-0.3, -0.25) is 34.0 Å². The summed E-state index contributed by atoms with van der Waals surface area (Å²) < 4.78 is 7.86. The highest BCUT2D eigenvalue weighted by atomic mass is 16.5. The van der Waals surface area contributed by atoms with Gasteiger partial charge in [0, 0.05) is 95.2 Å². The SMILES string of the molecule is CNC(=O)CCC(C=O)N1C(=O)c2cccc(OCCCCCCCCC(=O)N3CCC(N4CCN(c5ccc(Nc6nc(-c7cncc(N)n7)cn7ccnc67)cc5)CC4)CC3)c2C1=O. The molecule has 2 saturated heterocycles. The van der Waals surface area contributed by atoms with E-state index in [1.807, 2.05) is 16.8 Å². The maximum absolute atomic E-state index is 13.3. The minimum Gasteiger partial charge on any atom is -0.493 e. The van der Waals surface area contributed by atoms with Crippen LogP contribution in [-0.4, -0.2) is 134 Å². The monoisotopic (exact) mass is 898 g/mol. The number of hydrogen-bond donors (Lipinski definition) is 3. The Hall–Kier alpha value is -6.95. The van der Waals surface area contributed by atoms with E-state index >= 15 is 0 Å². The molecule has 0 bridgehead atoms. The third kappa shape index (κ3) is 10.6. The van der Waals surface area contributed by atoms with Gasteiger partial charge in [0.1, 0.15) is 29.2 Å². The van der Waals surface area contributed by atoms with Gasteiger partial charge in [-0.2, -0.15) is 0 Å². The van der Waals surface area contributed by atoms with E-state index in [1.165, 1.54) is 18.9 Å². The van der Waals surface area contributed by atoms with Gasteiger partial charge in [0.05, 0.1) is 36.2 Å². The molecule has 2 aromatic carbocycles. The van der Waals surface area contributed by atoms with E-state index in [2.05, 4.69) is 64.6 Å². The van der Waals surface area contributed by atoms with Crippen LogP contribution in [0, 0.1) is 0 Å². The molecule has 346 valence electrons. The fourth-order valence-corrected chi connectivity index (χ4v) is 9.14. The molecule has 6 heterocycles. The zero-order chi connectivity index (χ0) is 46.0. The fourth-order valence-electron chi connectivity index (χ4n) is 9.14. The van der Waals surface area contributed by atoms with Gasteiger partial charge in [0.15, 0.2) is 11.5 Å². The van der Waals surface area contributed by atoms with Crippen LogP contribution in [0.25, 0.3) is 17.0 Å². The number of imidazole rings is 1. The second-order valence-electron chi connectivity index (χ2n) is 17.1. The van der Waals surface area contributed by atoms with Gasteiger partial charge in [0.25, 0.3) is 11.8 Å². The summed E-state index contributed by atoms with van der Waals surface area (Å²) in [6.07, 6.45) is 17.4. The smallest absolute Gasteiger partial charge is 0.265 e. The van der Waals surface area contributed by atoms with Crippen molar-refractivity contribution in [3.63, 3.8) is 0 Å². The normalized spacial score (nSPS) is 16.1. The maximum atomic E-state index is 13.3. The van der Waals surface area contributed by atoms with Gasteiger partial charge >= 0.3 is 0 Å². The summed E-state index contributed by atoms with van der Waals surface area (Å²) in [7, 11) is 1.49. The Morgan fingerprint density at radius 1 is 0.879 bits per heavy atom. The van der Waals surface area contributed by atoms with Crippen molar-refractivity contribution in [2.75, 3.05) is 68.9 Å². The number of benzene rings is 2. The Bertz CT molecular complexity index is 2520. The number of aromatic nitrogens is 5. The number of imide groups is 1. The van der Waals surface area contributed by atoms with Crippen LogP contribution in [0.1, 0.15) is 91.3 Å². The number of anilines is 4. The first kappa shape index (κ1) is 45.6. The van der Waals surface area contributed by atoms with E-state index in [0.29, 0.717) is 59.8 Å². The molecular formula is C48H58N12O6. The third-order valence-corrected chi connectivity index (χ3v) is 12.8. The lowest BCUT2D eigenvalue weighted by Crippen LogP contribution is -2.53. The van der Waals surface area contributed by atoms with Crippen molar-refractivity contribution in [3.8, 4) is 17.1 Å². The predicted molar refractivity (Wildman–Crippen MR) is 249 cm³/mol. The molecule has 0 saturated carbocycles. The first-order chi connectivity index (χ1) is 32.2. The standard InChI is InChI=1S/C48H58N12O6/c1-50-42(62)17-16-36(32-61)60-47(64)37-9-8-10-40(44(37)48(60)65)66-28-7-5-3-2-4-6-11-43(63)58-21-18-35(19-22-58)57-26-24-56(25-27-57)34-14-12-33(13-15-34)53-45-46-52-20-23-59(46)31-39(55-45)38-29-51-30-41(49)54-38/h8-10,12-15,20,23,29-32,35-36H,2-7,11,16-19,21-22,24-28H2,1H3,(H2,49,54)(H,50,62)(H,53,55). The Morgan fingerprint density at radius 3 is 2.38 bits per heavy atom. The van der Waals surface area contributed by atoms with E-state index in [1.54, 1.807) is 30.6 Å². The van der Waals surface area contributed by atoms with Crippen molar-refractivity contribution in [2.45, 2.75) is 82.7 Å². The van der Waals surface area contributed by atoms with Crippen LogP contribution in [0.3, 0.4) is 0 Å². The largest absolute Gasteiger partial charge is 0.493 e. The molecule has 8 rings (SSSR count). The topological polar surface area (TPSA) is 214 Å². The van der Waals surface area contributed by atoms with E-state index in [4.69, 9.17) is 15.5 Å². The number of carbonyl (C=O) groups is 5. The van der Waals surface area contributed by atoms with Crippen molar-refractivity contribution in [3.05, 3.63) is 84.6 Å². The highest BCUT2D eigenvalue weighted by molar-refractivity contribution is 6.23. The number of ether oxygens (including phenoxy) is 1. The second kappa shape index (κ2) is 21.4. The number of nitrogens with two attached hydrogens (primary N) is 1. The number of nitrogens with zero attached hydrogens (tertiary/aromatic N) is 9. The summed E-state index contributed by atoms with van der Waals surface area (Å²) in [5, 5.41) is 5.92. The number of amides is 4. The lowest BCUT2D eigenvalue weighted by molar-refractivity contribution is -0.133. The molecule has 66 heavy (non-hydrogen) atoms. The van der Waals surface area contributed by atoms with Gasteiger partial charge < -0.3 is 40.1 Å². The zero-order valence-electron chi connectivity index (χ0n) is 37.4. The van der Waals surface area contributed by atoms with E-state index in [9.17, 15) is 24.0 Å². The average Bonchev–Trinajstić information content (AvgIpc) is 3.93. The summed E-state index contributed by atoms with van der Waals surface area (Å²) in [6.45, 7) is 5.89. The van der Waals surface area contributed by atoms with Crippen LogP contribution >= 0.6 is 0 Å².